The SMILES string of the molecule is COC(COCCCCCCCCCCCCC1CCCCC1)COCCOCC[n+]1ccccc1. The van der Waals surface area contributed by atoms with Crippen LogP contribution in [0.25, 0.3) is 0 Å². The van der Waals surface area contributed by atoms with Gasteiger partial charge in [-0.2, -0.15) is 0 Å². The normalized spacial score (nSPS) is 15.4. The third-order valence-corrected chi connectivity index (χ3v) is 7.46. The minimum absolute atomic E-state index is 0.00691. The molecule has 1 aliphatic rings. The Kier molecular flexibility index (Phi) is 20.1. The number of pyridine rings is 1. The summed E-state index contributed by atoms with van der Waals surface area (Å²) in [6.07, 6.45) is 26.9. The third-order valence-electron chi connectivity index (χ3n) is 7.46. The van der Waals surface area contributed by atoms with E-state index in [-0.39, 0.29) is 6.10 Å². The molecule has 0 bridgehead atoms. The van der Waals surface area contributed by atoms with E-state index in [0.29, 0.717) is 33.0 Å². The number of ether oxygens (including phenoxy) is 4. The monoisotopic (exact) mass is 506 g/mol. The Bertz CT molecular complexity index is 579. The molecule has 1 atom stereocenters. The maximum absolute atomic E-state index is 5.82. The van der Waals surface area contributed by atoms with Crippen LogP contribution in [0.15, 0.2) is 30.6 Å². The van der Waals surface area contributed by atoms with Gasteiger partial charge in [-0.3, -0.25) is 0 Å². The van der Waals surface area contributed by atoms with Crippen molar-refractivity contribution >= 4 is 0 Å². The summed E-state index contributed by atoms with van der Waals surface area (Å²) < 4.78 is 24.7. The van der Waals surface area contributed by atoms with E-state index in [0.717, 1.165) is 25.5 Å². The highest BCUT2D eigenvalue weighted by Crippen LogP contribution is 2.28. The van der Waals surface area contributed by atoms with Crippen LogP contribution in [0.3, 0.4) is 0 Å². The van der Waals surface area contributed by atoms with Gasteiger partial charge in [-0.15, -0.1) is 0 Å². The lowest BCUT2D eigenvalue weighted by Crippen LogP contribution is -2.35. The Morgan fingerprint density at radius 2 is 1.22 bits per heavy atom. The Morgan fingerprint density at radius 1 is 0.639 bits per heavy atom. The average molecular weight is 507 g/mol. The smallest absolute Gasteiger partial charge is 0.171 e. The number of hydrogen-bond donors (Lipinski definition) is 0. The van der Waals surface area contributed by atoms with E-state index < -0.39 is 0 Å². The molecule has 0 radical (unpaired) electrons. The topological polar surface area (TPSA) is 40.8 Å². The van der Waals surface area contributed by atoms with Crippen molar-refractivity contribution in [2.45, 2.75) is 115 Å². The van der Waals surface area contributed by atoms with Gasteiger partial charge in [-0.25, -0.2) is 4.57 Å². The number of aromatic nitrogens is 1. The van der Waals surface area contributed by atoms with Crippen LogP contribution in [0.5, 0.6) is 0 Å². The van der Waals surface area contributed by atoms with Crippen molar-refractivity contribution in [2.75, 3.05) is 46.8 Å². The lowest BCUT2D eigenvalue weighted by molar-refractivity contribution is -0.698. The molecule has 1 aliphatic carbocycles. The summed E-state index contributed by atoms with van der Waals surface area (Å²) in [5, 5.41) is 0. The second kappa shape index (κ2) is 23.1. The van der Waals surface area contributed by atoms with E-state index in [9.17, 15) is 0 Å². The lowest BCUT2D eigenvalue weighted by atomic mass is 9.85. The molecular weight excluding hydrogens is 450 g/mol. The van der Waals surface area contributed by atoms with Gasteiger partial charge in [0.05, 0.1) is 26.4 Å². The maximum Gasteiger partial charge on any atom is 0.171 e. The quantitative estimate of drug-likeness (QED) is 0.113. The molecule has 1 aromatic heterocycles. The molecule has 1 heterocycles. The number of nitrogens with zero attached hydrogens (tertiary/aromatic N) is 1. The number of methoxy groups -OCH3 is 1. The van der Waals surface area contributed by atoms with Crippen LogP contribution in [0.2, 0.25) is 0 Å². The molecule has 0 N–H and O–H groups in total. The molecule has 0 aliphatic heterocycles. The minimum Gasteiger partial charge on any atom is -0.379 e. The molecule has 1 saturated carbocycles. The fourth-order valence-corrected chi connectivity index (χ4v) is 5.11. The summed E-state index contributed by atoms with van der Waals surface area (Å²) in [6.45, 7) is 4.70. The molecule has 5 nitrogen and oxygen atoms in total. The molecule has 0 spiro atoms. The second-order valence-corrected chi connectivity index (χ2v) is 10.6. The van der Waals surface area contributed by atoms with E-state index in [2.05, 4.69) is 4.57 Å². The minimum atomic E-state index is -0.00691. The van der Waals surface area contributed by atoms with E-state index in [4.69, 9.17) is 18.9 Å². The predicted octanol–water partition coefficient (Wildman–Crippen LogP) is 6.91. The Morgan fingerprint density at radius 3 is 1.89 bits per heavy atom. The van der Waals surface area contributed by atoms with Crippen LogP contribution < -0.4 is 4.57 Å². The summed E-state index contributed by atoms with van der Waals surface area (Å²) >= 11 is 0. The Hall–Kier alpha value is -1.01. The standard InChI is InChI=1S/C31H56NO4/c1-33-31(29-36-27-26-34-25-23-32-21-15-11-16-22-32)28-35-24-17-9-7-5-3-2-4-6-8-12-18-30-19-13-10-14-20-30/h11,15-16,21-22,30-31H,2-10,12-14,17-20,23-29H2,1H3/q+1. The van der Waals surface area contributed by atoms with Crippen molar-refractivity contribution in [3.05, 3.63) is 30.6 Å². The molecule has 2 rings (SSSR count). The fourth-order valence-electron chi connectivity index (χ4n) is 5.11. The van der Waals surface area contributed by atoms with Gasteiger partial charge in [-0.1, -0.05) is 102 Å². The van der Waals surface area contributed by atoms with Crippen LogP contribution in [0, 0.1) is 5.92 Å². The molecular formula is C31H56NO4+. The molecule has 1 aromatic rings. The number of unbranched alkanes of at least 4 members (excludes halogenated alkanes) is 9. The zero-order valence-corrected chi connectivity index (χ0v) is 23.4. The summed E-state index contributed by atoms with van der Waals surface area (Å²) in [4.78, 5) is 0. The first-order valence-electron chi connectivity index (χ1n) is 15.1. The molecule has 5 heteroatoms. The van der Waals surface area contributed by atoms with Crippen LogP contribution in [0.4, 0.5) is 0 Å². The summed E-state index contributed by atoms with van der Waals surface area (Å²) in [5.74, 6) is 1.07. The number of hydrogen-bond acceptors (Lipinski definition) is 4. The van der Waals surface area contributed by atoms with E-state index in [1.807, 2.05) is 30.6 Å². The van der Waals surface area contributed by atoms with Crippen molar-refractivity contribution in [2.24, 2.45) is 5.92 Å². The van der Waals surface area contributed by atoms with Gasteiger partial charge in [0.15, 0.2) is 18.9 Å². The van der Waals surface area contributed by atoms with E-state index in [1.165, 1.54) is 96.3 Å². The Balaban J connectivity index is 1.26. The first kappa shape index (κ1) is 31.2. The molecule has 1 fully saturated rings. The summed E-state index contributed by atoms with van der Waals surface area (Å²) in [6, 6.07) is 6.07. The largest absolute Gasteiger partial charge is 0.379 e. The van der Waals surface area contributed by atoms with Crippen LogP contribution >= 0.6 is 0 Å². The van der Waals surface area contributed by atoms with Gasteiger partial charge in [0.25, 0.3) is 0 Å². The zero-order valence-electron chi connectivity index (χ0n) is 23.4. The highest BCUT2D eigenvalue weighted by Gasteiger charge is 2.12. The van der Waals surface area contributed by atoms with Crippen molar-refractivity contribution in [3.63, 3.8) is 0 Å². The molecule has 1 unspecified atom stereocenters. The zero-order chi connectivity index (χ0) is 25.4. The van der Waals surface area contributed by atoms with Crippen molar-refractivity contribution < 1.29 is 23.5 Å². The van der Waals surface area contributed by atoms with Crippen LogP contribution in [-0.2, 0) is 25.5 Å². The van der Waals surface area contributed by atoms with E-state index in [1.54, 1.807) is 7.11 Å². The molecule has 36 heavy (non-hydrogen) atoms. The van der Waals surface area contributed by atoms with E-state index >= 15 is 0 Å². The predicted molar refractivity (Wildman–Crippen MR) is 147 cm³/mol. The maximum atomic E-state index is 5.82. The first-order valence-corrected chi connectivity index (χ1v) is 15.1. The summed E-state index contributed by atoms with van der Waals surface area (Å²) in [7, 11) is 1.72. The van der Waals surface area contributed by atoms with Gasteiger partial charge < -0.3 is 18.9 Å². The first-order chi connectivity index (χ1) is 17.9. The third kappa shape index (κ3) is 17.4. The van der Waals surface area contributed by atoms with Gasteiger partial charge in [0.1, 0.15) is 12.7 Å². The van der Waals surface area contributed by atoms with Gasteiger partial charge >= 0.3 is 0 Å². The van der Waals surface area contributed by atoms with Gasteiger partial charge in [0.2, 0.25) is 0 Å². The highest BCUT2D eigenvalue weighted by molar-refractivity contribution is 4.83. The van der Waals surface area contributed by atoms with Gasteiger partial charge in [-0.05, 0) is 12.3 Å². The van der Waals surface area contributed by atoms with Crippen molar-refractivity contribution in [3.8, 4) is 0 Å². The second-order valence-electron chi connectivity index (χ2n) is 10.6. The van der Waals surface area contributed by atoms with Crippen molar-refractivity contribution in [1.29, 1.82) is 0 Å². The van der Waals surface area contributed by atoms with Crippen molar-refractivity contribution in [1.82, 2.24) is 0 Å². The fraction of sp³-hybridized carbons (Fsp3) is 0.839. The lowest BCUT2D eigenvalue weighted by Gasteiger charge is -2.21. The van der Waals surface area contributed by atoms with Crippen LogP contribution in [0.1, 0.15) is 103 Å². The van der Waals surface area contributed by atoms with Crippen LogP contribution in [-0.4, -0.2) is 52.9 Å². The summed E-state index contributed by atoms with van der Waals surface area (Å²) in [5.41, 5.74) is 0. The average Bonchev–Trinajstić information content (AvgIpc) is 2.92. The molecule has 0 amide bonds. The van der Waals surface area contributed by atoms with Gasteiger partial charge in [0, 0.05) is 25.8 Å². The molecule has 0 aromatic carbocycles. The highest BCUT2D eigenvalue weighted by atomic mass is 16.6. The number of rotatable bonds is 24. The molecule has 208 valence electrons. The molecule has 0 saturated heterocycles. The Labute approximate surface area is 222 Å².